The summed E-state index contributed by atoms with van der Waals surface area (Å²) in [4.78, 5) is 15.8. The van der Waals surface area contributed by atoms with Crippen LogP contribution in [-0.4, -0.2) is 30.6 Å². The molecule has 2 heterocycles. The Morgan fingerprint density at radius 2 is 2.50 bits per heavy atom. The Morgan fingerprint density at radius 3 is 3.22 bits per heavy atom. The van der Waals surface area contributed by atoms with Crippen LogP contribution in [0.4, 0.5) is 5.69 Å². The molecule has 1 aliphatic rings. The van der Waals surface area contributed by atoms with Gasteiger partial charge in [-0.2, -0.15) is 0 Å². The van der Waals surface area contributed by atoms with Crippen molar-refractivity contribution in [2.75, 3.05) is 25.2 Å². The van der Waals surface area contributed by atoms with Crippen molar-refractivity contribution in [3.8, 4) is 0 Å². The Kier molecular flexibility index (Phi) is 4.49. The number of hydrazine groups is 1. The first kappa shape index (κ1) is 12.8. The van der Waals surface area contributed by atoms with Crippen molar-refractivity contribution in [3.05, 3.63) is 24.0 Å². The summed E-state index contributed by atoms with van der Waals surface area (Å²) in [6.45, 7) is 2.29. The summed E-state index contributed by atoms with van der Waals surface area (Å²) >= 11 is 0. The van der Waals surface area contributed by atoms with Crippen molar-refractivity contribution in [1.82, 2.24) is 10.3 Å². The minimum Gasteiger partial charge on any atom is -0.381 e. The first-order chi connectivity index (χ1) is 8.79. The fraction of sp³-hybridized carbons (Fsp3) is 0.500. The maximum atomic E-state index is 11.8. The van der Waals surface area contributed by atoms with Crippen LogP contribution in [0, 0.1) is 5.92 Å². The Labute approximate surface area is 106 Å². The van der Waals surface area contributed by atoms with Crippen LogP contribution in [0.2, 0.25) is 0 Å². The van der Waals surface area contributed by atoms with E-state index >= 15 is 0 Å². The monoisotopic (exact) mass is 250 g/mol. The van der Waals surface area contributed by atoms with Crippen molar-refractivity contribution < 1.29 is 9.53 Å². The van der Waals surface area contributed by atoms with Gasteiger partial charge in [0.1, 0.15) is 5.69 Å². The lowest BCUT2D eigenvalue weighted by atomic mass is 10.1. The maximum absolute atomic E-state index is 11.8. The number of anilines is 1. The standard InChI is InChI=1S/C12H18N4O2/c13-16-10-2-5-14-11(7-10)12(17)15-4-1-9-3-6-18-8-9/h2,5,7,9H,1,3-4,6,8,13H2,(H,14,16)(H,15,17). The molecule has 1 atom stereocenters. The van der Waals surface area contributed by atoms with Gasteiger partial charge >= 0.3 is 0 Å². The SMILES string of the molecule is NNc1ccnc(C(=O)NCCC2CCOC2)c1. The Morgan fingerprint density at radius 1 is 1.61 bits per heavy atom. The summed E-state index contributed by atoms with van der Waals surface area (Å²) in [6.07, 6.45) is 3.58. The second-order valence-corrected chi connectivity index (χ2v) is 4.35. The molecule has 2 rings (SSSR count). The molecule has 0 aliphatic carbocycles. The largest absolute Gasteiger partial charge is 0.381 e. The third kappa shape index (κ3) is 3.41. The Balaban J connectivity index is 1.79. The fourth-order valence-electron chi connectivity index (χ4n) is 1.94. The molecule has 1 aromatic rings. The van der Waals surface area contributed by atoms with Gasteiger partial charge in [0.05, 0.1) is 5.69 Å². The number of rotatable bonds is 5. The predicted molar refractivity (Wildman–Crippen MR) is 67.9 cm³/mol. The quantitative estimate of drug-likeness (QED) is 0.524. The minimum absolute atomic E-state index is 0.175. The van der Waals surface area contributed by atoms with E-state index in [2.05, 4.69) is 15.7 Å². The zero-order valence-electron chi connectivity index (χ0n) is 10.2. The summed E-state index contributed by atoms with van der Waals surface area (Å²) in [6, 6.07) is 3.32. The van der Waals surface area contributed by atoms with Crippen LogP contribution < -0.4 is 16.6 Å². The predicted octanol–water partition coefficient (Wildman–Crippen LogP) is 0.524. The van der Waals surface area contributed by atoms with Gasteiger partial charge in [0.25, 0.3) is 5.91 Å². The van der Waals surface area contributed by atoms with Crippen LogP contribution in [-0.2, 0) is 4.74 Å². The van der Waals surface area contributed by atoms with Crippen LogP contribution in [0.1, 0.15) is 23.3 Å². The lowest BCUT2D eigenvalue weighted by Crippen LogP contribution is -2.27. The molecule has 18 heavy (non-hydrogen) atoms. The van der Waals surface area contributed by atoms with Crippen molar-refractivity contribution >= 4 is 11.6 Å². The summed E-state index contributed by atoms with van der Waals surface area (Å²) in [5.74, 6) is 5.67. The van der Waals surface area contributed by atoms with Crippen molar-refractivity contribution in [1.29, 1.82) is 0 Å². The molecule has 1 saturated heterocycles. The van der Waals surface area contributed by atoms with E-state index in [4.69, 9.17) is 10.6 Å². The molecule has 0 saturated carbocycles. The van der Waals surface area contributed by atoms with E-state index in [1.165, 1.54) is 0 Å². The van der Waals surface area contributed by atoms with E-state index < -0.39 is 0 Å². The van der Waals surface area contributed by atoms with Crippen LogP contribution in [0.15, 0.2) is 18.3 Å². The van der Waals surface area contributed by atoms with Gasteiger partial charge < -0.3 is 15.5 Å². The highest BCUT2D eigenvalue weighted by atomic mass is 16.5. The second-order valence-electron chi connectivity index (χ2n) is 4.35. The topological polar surface area (TPSA) is 89.3 Å². The molecule has 0 aromatic carbocycles. The van der Waals surface area contributed by atoms with Crippen molar-refractivity contribution in [3.63, 3.8) is 0 Å². The van der Waals surface area contributed by atoms with Gasteiger partial charge in [-0.3, -0.25) is 15.6 Å². The number of hydrogen-bond donors (Lipinski definition) is 3. The minimum atomic E-state index is -0.175. The van der Waals surface area contributed by atoms with Gasteiger partial charge in [0.2, 0.25) is 0 Å². The molecule has 1 fully saturated rings. The van der Waals surface area contributed by atoms with E-state index in [0.29, 0.717) is 23.8 Å². The first-order valence-corrected chi connectivity index (χ1v) is 6.08. The van der Waals surface area contributed by atoms with Gasteiger partial charge in [-0.25, -0.2) is 0 Å². The average Bonchev–Trinajstić information content (AvgIpc) is 2.92. The summed E-state index contributed by atoms with van der Waals surface area (Å²) in [7, 11) is 0. The number of ether oxygens (including phenoxy) is 1. The van der Waals surface area contributed by atoms with Gasteiger partial charge in [0, 0.05) is 26.0 Å². The molecule has 1 amide bonds. The summed E-state index contributed by atoms with van der Waals surface area (Å²) in [5.41, 5.74) is 3.52. The average molecular weight is 250 g/mol. The third-order valence-electron chi connectivity index (χ3n) is 3.02. The van der Waals surface area contributed by atoms with E-state index in [1.54, 1.807) is 18.3 Å². The fourth-order valence-corrected chi connectivity index (χ4v) is 1.94. The molecule has 1 aromatic heterocycles. The number of amides is 1. The summed E-state index contributed by atoms with van der Waals surface area (Å²) in [5, 5.41) is 2.85. The zero-order chi connectivity index (χ0) is 12.8. The number of nitrogens with one attached hydrogen (secondary N) is 2. The number of carbonyl (C=O) groups is 1. The highest BCUT2D eigenvalue weighted by Crippen LogP contribution is 2.15. The number of pyridine rings is 1. The molecule has 6 heteroatoms. The van der Waals surface area contributed by atoms with Crippen LogP contribution >= 0.6 is 0 Å². The first-order valence-electron chi connectivity index (χ1n) is 6.08. The molecular formula is C12H18N4O2. The Hall–Kier alpha value is -1.66. The molecule has 4 N–H and O–H groups in total. The van der Waals surface area contributed by atoms with Gasteiger partial charge in [-0.05, 0) is 30.9 Å². The van der Waals surface area contributed by atoms with Crippen molar-refractivity contribution in [2.24, 2.45) is 11.8 Å². The maximum Gasteiger partial charge on any atom is 0.269 e. The van der Waals surface area contributed by atoms with E-state index in [9.17, 15) is 4.79 Å². The normalized spacial score (nSPS) is 18.6. The van der Waals surface area contributed by atoms with Gasteiger partial charge in [0.15, 0.2) is 0 Å². The smallest absolute Gasteiger partial charge is 0.269 e. The van der Waals surface area contributed by atoms with E-state index in [-0.39, 0.29) is 5.91 Å². The molecule has 0 bridgehead atoms. The number of nitrogens with two attached hydrogens (primary N) is 1. The molecule has 1 aliphatic heterocycles. The van der Waals surface area contributed by atoms with Crippen molar-refractivity contribution in [2.45, 2.75) is 12.8 Å². The van der Waals surface area contributed by atoms with E-state index in [0.717, 1.165) is 26.1 Å². The number of nitrogen functional groups attached to an aromatic ring is 1. The lowest BCUT2D eigenvalue weighted by Gasteiger charge is -2.09. The number of carbonyl (C=O) groups excluding carboxylic acids is 1. The molecular weight excluding hydrogens is 232 g/mol. The molecule has 6 nitrogen and oxygen atoms in total. The lowest BCUT2D eigenvalue weighted by molar-refractivity contribution is 0.0945. The van der Waals surface area contributed by atoms with Crippen LogP contribution in [0.25, 0.3) is 0 Å². The Bertz CT molecular complexity index is 405. The highest BCUT2D eigenvalue weighted by molar-refractivity contribution is 5.93. The molecule has 0 radical (unpaired) electrons. The summed E-state index contributed by atoms with van der Waals surface area (Å²) < 4.78 is 5.28. The van der Waals surface area contributed by atoms with Gasteiger partial charge in [-0.1, -0.05) is 0 Å². The number of nitrogens with zero attached hydrogens (tertiary/aromatic N) is 1. The van der Waals surface area contributed by atoms with E-state index in [1.807, 2.05) is 0 Å². The number of hydrogen-bond acceptors (Lipinski definition) is 5. The van der Waals surface area contributed by atoms with Crippen LogP contribution in [0.3, 0.4) is 0 Å². The van der Waals surface area contributed by atoms with Crippen LogP contribution in [0.5, 0.6) is 0 Å². The highest BCUT2D eigenvalue weighted by Gasteiger charge is 2.15. The number of aromatic nitrogens is 1. The zero-order valence-corrected chi connectivity index (χ0v) is 10.2. The second kappa shape index (κ2) is 6.32. The molecule has 0 spiro atoms. The molecule has 98 valence electrons. The third-order valence-corrected chi connectivity index (χ3v) is 3.02. The van der Waals surface area contributed by atoms with Gasteiger partial charge in [-0.15, -0.1) is 0 Å². The molecule has 1 unspecified atom stereocenters.